The van der Waals surface area contributed by atoms with Crippen LogP contribution in [0.3, 0.4) is 0 Å². The highest BCUT2D eigenvalue weighted by atomic mass is 35.5. The Bertz CT molecular complexity index is 915. The zero-order chi connectivity index (χ0) is 19.5. The maximum atomic E-state index is 12.6. The van der Waals surface area contributed by atoms with Crippen LogP contribution in [0.5, 0.6) is 5.75 Å². The van der Waals surface area contributed by atoms with E-state index in [0.717, 1.165) is 16.1 Å². The van der Waals surface area contributed by atoms with Crippen LogP contribution in [0.1, 0.15) is 12.5 Å². The standard InChI is InChI=1S/C18H21ClN2O4S/c1-12-8-9-15(11-17(12)19)21(26(4,23)24)13(2)18(22)20-14-6-5-7-16(10-14)25-3/h5-11,13H,1-4H3,(H,20,22)/t13-/m1/s1. The molecule has 1 N–H and O–H groups in total. The predicted molar refractivity (Wildman–Crippen MR) is 105 cm³/mol. The predicted octanol–water partition coefficient (Wildman–Crippen LogP) is 3.45. The lowest BCUT2D eigenvalue weighted by Gasteiger charge is -2.28. The van der Waals surface area contributed by atoms with E-state index < -0.39 is 22.0 Å². The lowest BCUT2D eigenvalue weighted by molar-refractivity contribution is -0.116. The van der Waals surface area contributed by atoms with Gasteiger partial charge in [0.15, 0.2) is 0 Å². The van der Waals surface area contributed by atoms with Gasteiger partial charge in [-0.3, -0.25) is 9.10 Å². The Morgan fingerprint density at radius 2 is 1.92 bits per heavy atom. The number of hydrogen-bond acceptors (Lipinski definition) is 4. The molecule has 0 saturated heterocycles. The quantitative estimate of drug-likeness (QED) is 0.811. The highest BCUT2D eigenvalue weighted by Crippen LogP contribution is 2.27. The molecule has 0 aliphatic rings. The number of carbonyl (C=O) groups is 1. The fourth-order valence-electron chi connectivity index (χ4n) is 2.48. The Hall–Kier alpha value is -2.25. The molecule has 2 rings (SSSR count). The Kier molecular flexibility index (Phi) is 6.15. The largest absolute Gasteiger partial charge is 0.497 e. The van der Waals surface area contributed by atoms with Crippen molar-refractivity contribution in [3.05, 3.63) is 53.1 Å². The van der Waals surface area contributed by atoms with Crippen molar-refractivity contribution in [1.82, 2.24) is 0 Å². The number of ether oxygens (including phenoxy) is 1. The van der Waals surface area contributed by atoms with Gasteiger partial charge in [0.1, 0.15) is 11.8 Å². The van der Waals surface area contributed by atoms with E-state index in [1.165, 1.54) is 20.1 Å². The van der Waals surface area contributed by atoms with E-state index in [9.17, 15) is 13.2 Å². The molecule has 0 bridgehead atoms. The molecule has 2 aromatic carbocycles. The van der Waals surface area contributed by atoms with Crippen molar-refractivity contribution in [2.45, 2.75) is 19.9 Å². The number of halogens is 1. The highest BCUT2D eigenvalue weighted by molar-refractivity contribution is 7.92. The molecule has 0 aromatic heterocycles. The third-order valence-electron chi connectivity index (χ3n) is 3.84. The fraction of sp³-hybridized carbons (Fsp3) is 0.278. The molecule has 0 unspecified atom stereocenters. The smallest absolute Gasteiger partial charge is 0.247 e. The number of methoxy groups -OCH3 is 1. The first kappa shape index (κ1) is 20.1. The maximum Gasteiger partial charge on any atom is 0.247 e. The van der Waals surface area contributed by atoms with Gasteiger partial charge >= 0.3 is 0 Å². The number of amides is 1. The van der Waals surface area contributed by atoms with Gasteiger partial charge in [-0.2, -0.15) is 0 Å². The first-order chi connectivity index (χ1) is 12.1. The van der Waals surface area contributed by atoms with Crippen molar-refractivity contribution in [1.29, 1.82) is 0 Å². The number of rotatable bonds is 6. The number of anilines is 2. The molecular formula is C18H21ClN2O4S. The summed E-state index contributed by atoms with van der Waals surface area (Å²) in [4.78, 5) is 12.6. The molecule has 0 aliphatic carbocycles. The van der Waals surface area contributed by atoms with Gasteiger partial charge in [-0.05, 0) is 43.7 Å². The van der Waals surface area contributed by atoms with Crippen LogP contribution in [-0.4, -0.2) is 33.7 Å². The van der Waals surface area contributed by atoms with Gasteiger partial charge in [-0.25, -0.2) is 8.42 Å². The van der Waals surface area contributed by atoms with Gasteiger partial charge in [-0.1, -0.05) is 23.7 Å². The molecule has 140 valence electrons. The average Bonchev–Trinajstić information content (AvgIpc) is 2.57. The van der Waals surface area contributed by atoms with E-state index in [0.29, 0.717) is 22.1 Å². The molecule has 26 heavy (non-hydrogen) atoms. The summed E-state index contributed by atoms with van der Waals surface area (Å²) in [5.74, 6) is 0.112. The first-order valence-electron chi connectivity index (χ1n) is 7.84. The summed E-state index contributed by atoms with van der Waals surface area (Å²) in [6, 6.07) is 10.7. The molecule has 1 amide bonds. The second-order valence-corrected chi connectivity index (χ2v) is 8.16. The molecule has 0 radical (unpaired) electrons. The molecule has 2 aromatic rings. The van der Waals surface area contributed by atoms with Crippen LogP contribution in [0.2, 0.25) is 5.02 Å². The fourth-order valence-corrected chi connectivity index (χ4v) is 3.82. The molecule has 0 fully saturated rings. The molecule has 1 atom stereocenters. The molecule has 0 heterocycles. The van der Waals surface area contributed by atoms with Gasteiger partial charge in [-0.15, -0.1) is 0 Å². The first-order valence-corrected chi connectivity index (χ1v) is 10.1. The third kappa shape index (κ3) is 4.68. The van der Waals surface area contributed by atoms with Crippen LogP contribution >= 0.6 is 11.6 Å². The summed E-state index contributed by atoms with van der Waals surface area (Å²) in [5.41, 5.74) is 1.66. The second-order valence-electron chi connectivity index (χ2n) is 5.89. The van der Waals surface area contributed by atoms with E-state index >= 15 is 0 Å². The summed E-state index contributed by atoms with van der Waals surface area (Å²) < 4.78 is 30.8. The molecule has 0 aliphatic heterocycles. The van der Waals surface area contributed by atoms with Crippen molar-refractivity contribution >= 4 is 38.9 Å². The zero-order valence-corrected chi connectivity index (χ0v) is 16.6. The summed E-state index contributed by atoms with van der Waals surface area (Å²) in [5, 5.41) is 3.13. The number of sulfonamides is 1. The number of nitrogens with one attached hydrogen (secondary N) is 1. The van der Waals surface area contributed by atoms with Gasteiger partial charge in [0.05, 0.1) is 19.1 Å². The van der Waals surface area contributed by atoms with E-state index in [1.54, 1.807) is 36.4 Å². The van der Waals surface area contributed by atoms with Crippen LogP contribution in [0, 0.1) is 6.92 Å². The van der Waals surface area contributed by atoms with E-state index in [2.05, 4.69) is 5.32 Å². The minimum atomic E-state index is -3.71. The van der Waals surface area contributed by atoms with Gasteiger partial charge in [0, 0.05) is 16.8 Å². The summed E-state index contributed by atoms with van der Waals surface area (Å²) in [7, 11) is -2.18. The van der Waals surface area contributed by atoms with E-state index in [-0.39, 0.29) is 0 Å². The van der Waals surface area contributed by atoms with Crippen LogP contribution in [0.25, 0.3) is 0 Å². The SMILES string of the molecule is COc1cccc(NC(=O)[C@@H](C)N(c2ccc(C)c(Cl)c2)S(C)(=O)=O)c1. The number of hydrogen-bond donors (Lipinski definition) is 1. The van der Waals surface area contributed by atoms with Crippen molar-refractivity contribution in [3.63, 3.8) is 0 Å². The van der Waals surface area contributed by atoms with Crippen LogP contribution < -0.4 is 14.4 Å². The van der Waals surface area contributed by atoms with Crippen molar-refractivity contribution in [2.24, 2.45) is 0 Å². The minimum absolute atomic E-state index is 0.330. The average molecular weight is 397 g/mol. The lowest BCUT2D eigenvalue weighted by Crippen LogP contribution is -2.45. The number of aryl methyl sites for hydroxylation is 1. The molecule has 0 spiro atoms. The second kappa shape index (κ2) is 7.97. The Balaban J connectivity index is 2.32. The minimum Gasteiger partial charge on any atom is -0.497 e. The number of carbonyl (C=O) groups excluding carboxylic acids is 1. The summed E-state index contributed by atoms with van der Waals surface area (Å²) in [6.07, 6.45) is 1.05. The highest BCUT2D eigenvalue weighted by Gasteiger charge is 2.29. The third-order valence-corrected chi connectivity index (χ3v) is 5.48. The summed E-state index contributed by atoms with van der Waals surface area (Å²) >= 11 is 6.12. The van der Waals surface area contributed by atoms with Crippen molar-refractivity contribution in [2.75, 3.05) is 23.0 Å². The topological polar surface area (TPSA) is 75.7 Å². The Morgan fingerprint density at radius 1 is 1.23 bits per heavy atom. The summed E-state index contributed by atoms with van der Waals surface area (Å²) in [6.45, 7) is 3.33. The molecule has 0 saturated carbocycles. The van der Waals surface area contributed by atoms with Crippen molar-refractivity contribution < 1.29 is 17.9 Å². The van der Waals surface area contributed by atoms with Crippen LogP contribution in [0.15, 0.2) is 42.5 Å². The maximum absolute atomic E-state index is 12.6. The van der Waals surface area contributed by atoms with Crippen molar-refractivity contribution in [3.8, 4) is 5.75 Å². The Morgan fingerprint density at radius 3 is 2.50 bits per heavy atom. The van der Waals surface area contributed by atoms with Gasteiger partial charge < -0.3 is 10.1 Å². The van der Waals surface area contributed by atoms with Gasteiger partial charge in [0.2, 0.25) is 15.9 Å². The number of nitrogens with zero attached hydrogens (tertiary/aromatic N) is 1. The lowest BCUT2D eigenvalue weighted by atomic mass is 10.2. The zero-order valence-electron chi connectivity index (χ0n) is 15.0. The van der Waals surface area contributed by atoms with E-state index in [4.69, 9.17) is 16.3 Å². The van der Waals surface area contributed by atoms with Gasteiger partial charge in [0.25, 0.3) is 0 Å². The monoisotopic (exact) mass is 396 g/mol. The normalized spacial score (nSPS) is 12.3. The van der Waals surface area contributed by atoms with Crippen LogP contribution in [-0.2, 0) is 14.8 Å². The number of benzene rings is 2. The molecule has 8 heteroatoms. The Labute approximate surface area is 158 Å². The van der Waals surface area contributed by atoms with Crippen LogP contribution in [0.4, 0.5) is 11.4 Å². The molecule has 6 nitrogen and oxygen atoms in total. The molecular weight excluding hydrogens is 376 g/mol. The van der Waals surface area contributed by atoms with E-state index in [1.807, 2.05) is 6.92 Å².